The molecule has 1 aliphatic rings. The molecule has 0 spiro atoms. The minimum atomic E-state index is 0.0633. The Balaban J connectivity index is 1.42. The zero-order chi connectivity index (χ0) is 20.4. The van der Waals surface area contributed by atoms with Crippen molar-refractivity contribution < 1.29 is 4.79 Å². The second-order valence-electron chi connectivity index (χ2n) is 7.35. The van der Waals surface area contributed by atoms with Gasteiger partial charge in [-0.2, -0.15) is 0 Å². The van der Waals surface area contributed by atoms with Crippen molar-refractivity contribution in [3.05, 3.63) is 75.8 Å². The second-order valence-corrected chi connectivity index (χ2v) is 8.21. The summed E-state index contributed by atoms with van der Waals surface area (Å²) < 4.78 is 0.834. The van der Waals surface area contributed by atoms with E-state index in [9.17, 15) is 4.79 Å². The molecule has 1 saturated heterocycles. The van der Waals surface area contributed by atoms with E-state index in [0.717, 1.165) is 34.6 Å². The summed E-state index contributed by atoms with van der Waals surface area (Å²) in [4.78, 5) is 16.9. The molecule has 3 aromatic rings. The van der Waals surface area contributed by atoms with Gasteiger partial charge in [-0.15, -0.1) is 10.2 Å². The van der Waals surface area contributed by atoms with E-state index in [4.69, 9.17) is 0 Å². The van der Waals surface area contributed by atoms with Gasteiger partial charge in [-0.25, -0.2) is 0 Å². The van der Waals surface area contributed by atoms with Crippen molar-refractivity contribution >= 4 is 27.7 Å². The van der Waals surface area contributed by atoms with Gasteiger partial charge in [0.15, 0.2) is 5.82 Å². The number of halogens is 1. The van der Waals surface area contributed by atoms with Crippen molar-refractivity contribution in [2.24, 2.45) is 0 Å². The lowest BCUT2D eigenvalue weighted by molar-refractivity contribution is 0.0745. The maximum absolute atomic E-state index is 12.8. The lowest BCUT2D eigenvalue weighted by Gasteiger charge is -2.35. The number of hydrogen-bond donors (Lipinski definition) is 0. The SMILES string of the molecule is Cc1ccc(-c2ccc(N3CCN(C(=O)c4ccccc4Br)CC3)nn2)c(C)c1. The Morgan fingerprint density at radius 1 is 0.931 bits per heavy atom. The van der Waals surface area contributed by atoms with Crippen LogP contribution in [-0.2, 0) is 0 Å². The molecule has 0 N–H and O–H groups in total. The Morgan fingerprint density at radius 2 is 1.69 bits per heavy atom. The summed E-state index contributed by atoms with van der Waals surface area (Å²) in [5, 5.41) is 8.90. The van der Waals surface area contributed by atoms with Gasteiger partial charge in [-0.1, -0.05) is 35.9 Å². The molecular formula is C23H23BrN4O. The van der Waals surface area contributed by atoms with Crippen molar-refractivity contribution in [2.45, 2.75) is 13.8 Å². The van der Waals surface area contributed by atoms with Crippen LogP contribution in [-0.4, -0.2) is 47.2 Å². The monoisotopic (exact) mass is 450 g/mol. The van der Waals surface area contributed by atoms with Crippen molar-refractivity contribution in [1.29, 1.82) is 0 Å². The normalized spacial score (nSPS) is 14.2. The van der Waals surface area contributed by atoms with Crippen molar-refractivity contribution in [3.8, 4) is 11.3 Å². The Hall–Kier alpha value is -2.73. The summed E-state index contributed by atoms with van der Waals surface area (Å²) in [6.07, 6.45) is 0. The van der Waals surface area contributed by atoms with Crippen LogP contribution in [0.25, 0.3) is 11.3 Å². The predicted octanol–water partition coefficient (Wildman–Crippen LogP) is 4.49. The number of rotatable bonds is 3. The number of hydrogen-bond acceptors (Lipinski definition) is 4. The number of benzene rings is 2. The molecule has 0 atom stereocenters. The Bertz CT molecular complexity index is 1030. The minimum absolute atomic E-state index is 0.0633. The van der Waals surface area contributed by atoms with E-state index in [-0.39, 0.29) is 5.91 Å². The molecule has 0 radical (unpaired) electrons. The molecule has 5 nitrogen and oxygen atoms in total. The highest BCUT2D eigenvalue weighted by Gasteiger charge is 2.24. The van der Waals surface area contributed by atoms with E-state index in [1.165, 1.54) is 11.1 Å². The van der Waals surface area contributed by atoms with Crippen LogP contribution in [0.2, 0.25) is 0 Å². The maximum Gasteiger partial charge on any atom is 0.255 e. The quantitative estimate of drug-likeness (QED) is 0.589. The van der Waals surface area contributed by atoms with Crippen molar-refractivity contribution in [3.63, 3.8) is 0 Å². The van der Waals surface area contributed by atoms with Gasteiger partial charge in [0.2, 0.25) is 0 Å². The van der Waals surface area contributed by atoms with Gasteiger partial charge >= 0.3 is 0 Å². The molecule has 4 rings (SSSR count). The number of aromatic nitrogens is 2. The number of nitrogens with zero attached hydrogens (tertiary/aromatic N) is 4. The highest BCUT2D eigenvalue weighted by molar-refractivity contribution is 9.10. The average molecular weight is 451 g/mol. The molecule has 1 amide bonds. The van der Waals surface area contributed by atoms with E-state index < -0.39 is 0 Å². The predicted molar refractivity (Wildman–Crippen MR) is 119 cm³/mol. The van der Waals surface area contributed by atoms with Gasteiger partial charge in [-0.05, 0) is 59.6 Å². The number of aryl methyl sites for hydroxylation is 2. The Kier molecular flexibility index (Phi) is 5.62. The topological polar surface area (TPSA) is 49.3 Å². The third kappa shape index (κ3) is 4.17. The summed E-state index contributed by atoms with van der Waals surface area (Å²) in [5.41, 5.74) is 5.14. The van der Waals surface area contributed by atoms with Gasteiger partial charge in [0.05, 0.1) is 11.3 Å². The molecule has 1 aromatic heterocycles. The zero-order valence-electron chi connectivity index (χ0n) is 16.6. The summed E-state index contributed by atoms with van der Waals surface area (Å²) in [5.74, 6) is 0.917. The first-order valence-corrected chi connectivity index (χ1v) is 10.5. The molecule has 1 aliphatic heterocycles. The first-order valence-electron chi connectivity index (χ1n) is 9.73. The molecule has 2 aromatic carbocycles. The number of carbonyl (C=O) groups excluding carboxylic acids is 1. The molecule has 6 heteroatoms. The zero-order valence-corrected chi connectivity index (χ0v) is 18.2. The lowest BCUT2D eigenvalue weighted by Crippen LogP contribution is -2.49. The molecule has 1 fully saturated rings. The fourth-order valence-electron chi connectivity index (χ4n) is 3.68. The van der Waals surface area contributed by atoms with E-state index in [1.807, 2.05) is 41.3 Å². The number of carbonyl (C=O) groups is 1. The minimum Gasteiger partial charge on any atom is -0.352 e. The molecular weight excluding hydrogens is 428 g/mol. The number of amides is 1. The second kappa shape index (κ2) is 8.33. The van der Waals surface area contributed by atoms with Crippen molar-refractivity contribution in [1.82, 2.24) is 15.1 Å². The van der Waals surface area contributed by atoms with Crippen LogP contribution in [0.3, 0.4) is 0 Å². The fraction of sp³-hybridized carbons (Fsp3) is 0.261. The standard InChI is InChI=1S/C23H23BrN4O/c1-16-7-8-18(17(2)15-16)21-9-10-22(26-25-21)27-11-13-28(14-12-27)23(29)19-5-3-4-6-20(19)24/h3-10,15H,11-14H2,1-2H3. The van der Waals surface area contributed by atoms with Crippen LogP contribution >= 0.6 is 15.9 Å². The third-order valence-corrected chi connectivity index (χ3v) is 5.99. The van der Waals surface area contributed by atoms with Gasteiger partial charge in [0.25, 0.3) is 5.91 Å². The number of anilines is 1. The first kappa shape index (κ1) is 19.6. The molecule has 0 saturated carbocycles. The van der Waals surface area contributed by atoms with E-state index >= 15 is 0 Å². The van der Waals surface area contributed by atoms with Crippen LogP contribution < -0.4 is 4.90 Å². The highest BCUT2D eigenvalue weighted by atomic mass is 79.9. The van der Waals surface area contributed by atoms with Crippen LogP contribution in [0.15, 0.2) is 59.1 Å². The molecule has 2 heterocycles. The van der Waals surface area contributed by atoms with Gasteiger partial charge in [0, 0.05) is 36.2 Å². The Morgan fingerprint density at radius 3 is 2.34 bits per heavy atom. The molecule has 0 aliphatic carbocycles. The van der Waals surface area contributed by atoms with E-state index in [2.05, 4.69) is 63.1 Å². The summed E-state index contributed by atoms with van der Waals surface area (Å²) in [7, 11) is 0. The number of piperazine rings is 1. The summed E-state index contributed by atoms with van der Waals surface area (Å²) in [6, 6.07) is 18.0. The molecule has 148 valence electrons. The van der Waals surface area contributed by atoms with Crippen LogP contribution in [0, 0.1) is 13.8 Å². The first-order chi connectivity index (χ1) is 14.0. The fourth-order valence-corrected chi connectivity index (χ4v) is 4.14. The summed E-state index contributed by atoms with van der Waals surface area (Å²) >= 11 is 3.47. The van der Waals surface area contributed by atoms with Crippen LogP contribution in [0.5, 0.6) is 0 Å². The third-order valence-electron chi connectivity index (χ3n) is 5.30. The Labute approximate surface area is 179 Å². The van der Waals surface area contributed by atoms with Crippen LogP contribution in [0.1, 0.15) is 21.5 Å². The van der Waals surface area contributed by atoms with Gasteiger partial charge in [0.1, 0.15) is 0 Å². The van der Waals surface area contributed by atoms with Crippen molar-refractivity contribution in [2.75, 3.05) is 31.1 Å². The van der Waals surface area contributed by atoms with E-state index in [0.29, 0.717) is 18.7 Å². The van der Waals surface area contributed by atoms with Crippen LogP contribution in [0.4, 0.5) is 5.82 Å². The largest absolute Gasteiger partial charge is 0.352 e. The lowest BCUT2D eigenvalue weighted by atomic mass is 10.0. The highest BCUT2D eigenvalue weighted by Crippen LogP contribution is 2.24. The van der Waals surface area contributed by atoms with Gasteiger partial charge in [-0.3, -0.25) is 4.79 Å². The van der Waals surface area contributed by atoms with E-state index in [1.54, 1.807) is 0 Å². The average Bonchev–Trinajstić information content (AvgIpc) is 2.74. The molecule has 0 bridgehead atoms. The summed E-state index contributed by atoms with van der Waals surface area (Å²) in [6.45, 7) is 7.01. The maximum atomic E-state index is 12.8. The molecule has 0 unspecified atom stereocenters. The molecule has 29 heavy (non-hydrogen) atoms. The smallest absolute Gasteiger partial charge is 0.255 e. The van der Waals surface area contributed by atoms with Gasteiger partial charge < -0.3 is 9.80 Å².